The second-order valence-corrected chi connectivity index (χ2v) is 5.25. The number of anilines is 1. The first-order valence-electron chi connectivity index (χ1n) is 6.52. The van der Waals surface area contributed by atoms with Crippen molar-refractivity contribution in [2.75, 3.05) is 12.3 Å². The molecule has 6 heteroatoms. The summed E-state index contributed by atoms with van der Waals surface area (Å²) >= 11 is 6.02. The molecule has 2 aromatic rings. The molecule has 1 amide bonds. The summed E-state index contributed by atoms with van der Waals surface area (Å²) in [5.74, 6) is -0.119. The van der Waals surface area contributed by atoms with Gasteiger partial charge < -0.3 is 15.6 Å². The fraction of sp³-hybridized carbons (Fsp3) is 0.286. The predicted molar refractivity (Wildman–Crippen MR) is 77.5 cm³/mol. The van der Waals surface area contributed by atoms with E-state index in [2.05, 4.69) is 9.97 Å². The van der Waals surface area contributed by atoms with Crippen molar-refractivity contribution >= 4 is 23.2 Å². The molecule has 0 saturated carbocycles. The van der Waals surface area contributed by atoms with Crippen LogP contribution < -0.4 is 5.73 Å². The van der Waals surface area contributed by atoms with Gasteiger partial charge in [-0.3, -0.25) is 4.79 Å². The van der Waals surface area contributed by atoms with Crippen molar-refractivity contribution in [3.8, 4) is 0 Å². The minimum absolute atomic E-state index is 0.0648. The molecule has 104 valence electrons. The van der Waals surface area contributed by atoms with Crippen LogP contribution in [0.4, 0.5) is 5.69 Å². The molecule has 3 rings (SSSR count). The smallest absolute Gasteiger partial charge is 0.257 e. The number of halogens is 1. The minimum atomic E-state index is -0.119. The highest BCUT2D eigenvalue weighted by atomic mass is 35.5. The molecule has 1 aliphatic heterocycles. The lowest BCUT2D eigenvalue weighted by molar-refractivity contribution is 0.0733. The average molecular weight is 291 g/mol. The maximum Gasteiger partial charge on any atom is 0.257 e. The van der Waals surface area contributed by atoms with Crippen molar-refractivity contribution in [1.82, 2.24) is 14.9 Å². The molecule has 1 aliphatic rings. The molecule has 1 fully saturated rings. The second-order valence-electron chi connectivity index (χ2n) is 4.89. The third kappa shape index (κ3) is 2.25. The van der Waals surface area contributed by atoms with E-state index in [0.717, 1.165) is 18.5 Å². The van der Waals surface area contributed by atoms with Crippen molar-refractivity contribution in [1.29, 1.82) is 0 Å². The SMILES string of the molecule is Nc1cnc(Cl)c(C(=O)N2CCCC2c2ccc[nH]2)c1. The number of aromatic amines is 1. The van der Waals surface area contributed by atoms with Crippen LogP contribution in [-0.2, 0) is 0 Å². The second kappa shape index (κ2) is 5.17. The molecule has 3 N–H and O–H groups in total. The monoisotopic (exact) mass is 290 g/mol. The van der Waals surface area contributed by atoms with Gasteiger partial charge in [0.1, 0.15) is 5.15 Å². The molecule has 0 bridgehead atoms. The molecule has 0 aliphatic carbocycles. The molecule has 5 nitrogen and oxygen atoms in total. The number of likely N-dealkylation sites (tertiary alicyclic amines) is 1. The molecular formula is C14H15ClN4O. The molecule has 2 aromatic heterocycles. The largest absolute Gasteiger partial charge is 0.397 e. The van der Waals surface area contributed by atoms with Crippen molar-refractivity contribution in [3.63, 3.8) is 0 Å². The molecule has 20 heavy (non-hydrogen) atoms. The predicted octanol–water partition coefficient (Wildman–Crippen LogP) is 2.62. The number of hydrogen-bond acceptors (Lipinski definition) is 3. The van der Waals surface area contributed by atoms with E-state index in [1.165, 1.54) is 6.20 Å². The van der Waals surface area contributed by atoms with E-state index >= 15 is 0 Å². The Morgan fingerprint density at radius 3 is 3.15 bits per heavy atom. The maximum absolute atomic E-state index is 12.7. The van der Waals surface area contributed by atoms with E-state index in [1.807, 2.05) is 23.2 Å². The highest BCUT2D eigenvalue weighted by Gasteiger charge is 2.32. The summed E-state index contributed by atoms with van der Waals surface area (Å²) < 4.78 is 0. The van der Waals surface area contributed by atoms with Crippen LogP contribution in [0.2, 0.25) is 5.15 Å². The van der Waals surface area contributed by atoms with Crippen LogP contribution in [0.1, 0.15) is 34.9 Å². The quantitative estimate of drug-likeness (QED) is 0.835. The van der Waals surface area contributed by atoms with Crippen LogP contribution in [0.5, 0.6) is 0 Å². The molecule has 0 radical (unpaired) electrons. The minimum Gasteiger partial charge on any atom is -0.397 e. The Morgan fingerprint density at radius 2 is 2.40 bits per heavy atom. The van der Waals surface area contributed by atoms with E-state index in [0.29, 0.717) is 17.8 Å². The third-order valence-corrected chi connectivity index (χ3v) is 3.89. The van der Waals surface area contributed by atoms with Crippen molar-refractivity contribution in [2.45, 2.75) is 18.9 Å². The number of nitrogens with two attached hydrogens (primary N) is 1. The zero-order valence-corrected chi connectivity index (χ0v) is 11.6. The van der Waals surface area contributed by atoms with Crippen LogP contribution in [0.25, 0.3) is 0 Å². The van der Waals surface area contributed by atoms with Gasteiger partial charge >= 0.3 is 0 Å². The first-order chi connectivity index (χ1) is 9.66. The topological polar surface area (TPSA) is 75.0 Å². The Kier molecular flexibility index (Phi) is 3.36. The Balaban J connectivity index is 1.91. The summed E-state index contributed by atoms with van der Waals surface area (Å²) in [5.41, 5.74) is 7.54. The van der Waals surface area contributed by atoms with Crippen LogP contribution in [0, 0.1) is 0 Å². The van der Waals surface area contributed by atoms with Gasteiger partial charge in [-0.15, -0.1) is 0 Å². The highest BCUT2D eigenvalue weighted by Crippen LogP contribution is 2.33. The number of nitrogen functional groups attached to an aromatic ring is 1. The summed E-state index contributed by atoms with van der Waals surface area (Å²) in [4.78, 5) is 21.6. The lowest BCUT2D eigenvalue weighted by Crippen LogP contribution is -2.31. The van der Waals surface area contributed by atoms with Gasteiger partial charge in [-0.2, -0.15) is 0 Å². The van der Waals surface area contributed by atoms with E-state index in [-0.39, 0.29) is 17.1 Å². The van der Waals surface area contributed by atoms with Crippen LogP contribution in [0.3, 0.4) is 0 Å². The van der Waals surface area contributed by atoms with Gasteiger partial charge in [-0.25, -0.2) is 4.98 Å². The number of H-pyrrole nitrogens is 1. The Bertz CT molecular complexity index is 626. The zero-order valence-electron chi connectivity index (χ0n) is 10.8. The summed E-state index contributed by atoms with van der Waals surface area (Å²) in [5, 5.41) is 0.196. The molecule has 1 atom stereocenters. The van der Waals surface area contributed by atoms with Crippen LogP contribution in [-0.4, -0.2) is 27.3 Å². The average Bonchev–Trinajstić information content (AvgIpc) is 3.10. The van der Waals surface area contributed by atoms with Crippen molar-refractivity contribution in [2.24, 2.45) is 0 Å². The van der Waals surface area contributed by atoms with E-state index in [9.17, 15) is 4.79 Å². The van der Waals surface area contributed by atoms with Gasteiger partial charge in [0.15, 0.2) is 0 Å². The van der Waals surface area contributed by atoms with Crippen molar-refractivity contribution < 1.29 is 4.79 Å². The maximum atomic E-state index is 12.7. The molecule has 3 heterocycles. The normalized spacial score (nSPS) is 18.4. The molecule has 0 aromatic carbocycles. The Labute approximate surface area is 121 Å². The third-order valence-electron chi connectivity index (χ3n) is 3.59. The first-order valence-corrected chi connectivity index (χ1v) is 6.90. The van der Waals surface area contributed by atoms with Crippen molar-refractivity contribution in [3.05, 3.63) is 47.0 Å². The van der Waals surface area contributed by atoms with E-state index in [4.69, 9.17) is 17.3 Å². The molecular weight excluding hydrogens is 276 g/mol. The number of nitrogens with zero attached hydrogens (tertiary/aromatic N) is 2. The fourth-order valence-electron chi connectivity index (χ4n) is 2.65. The number of nitrogens with one attached hydrogen (secondary N) is 1. The zero-order chi connectivity index (χ0) is 14.1. The summed E-state index contributed by atoms with van der Waals surface area (Å²) in [6, 6.07) is 5.58. The van der Waals surface area contributed by atoms with Gasteiger partial charge in [0, 0.05) is 18.4 Å². The number of carbonyl (C=O) groups excluding carboxylic acids is 1. The number of hydrogen-bond donors (Lipinski definition) is 2. The molecule has 1 unspecified atom stereocenters. The summed E-state index contributed by atoms with van der Waals surface area (Å²) in [7, 11) is 0. The van der Waals surface area contributed by atoms with Gasteiger partial charge in [0.2, 0.25) is 0 Å². The van der Waals surface area contributed by atoms with Crippen LogP contribution in [0.15, 0.2) is 30.6 Å². The number of pyridine rings is 1. The Morgan fingerprint density at radius 1 is 1.55 bits per heavy atom. The van der Waals surface area contributed by atoms with Gasteiger partial charge in [0.05, 0.1) is 23.5 Å². The Hall–Kier alpha value is -2.01. The van der Waals surface area contributed by atoms with Crippen LogP contribution >= 0.6 is 11.6 Å². The standard InChI is InChI=1S/C14H15ClN4O/c15-13-10(7-9(16)8-18-13)14(20)19-6-2-4-12(19)11-3-1-5-17-11/h1,3,5,7-8,12,17H,2,4,6,16H2. The fourth-order valence-corrected chi connectivity index (χ4v) is 2.84. The molecule has 1 saturated heterocycles. The van der Waals surface area contributed by atoms with Gasteiger partial charge in [-0.05, 0) is 31.0 Å². The summed E-state index contributed by atoms with van der Waals surface area (Å²) in [6.45, 7) is 0.716. The number of rotatable bonds is 2. The molecule has 0 spiro atoms. The van der Waals surface area contributed by atoms with Gasteiger partial charge in [-0.1, -0.05) is 11.6 Å². The number of aromatic nitrogens is 2. The van der Waals surface area contributed by atoms with E-state index < -0.39 is 0 Å². The summed E-state index contributed by atoms with van der Waals surface area (Å²) in [6.07, 6.45) is 5.24. The lowest BCUT2D eigenvalue weighted by Gasteiger charge is -2.24. The lowest BCUT2D eigenvalue weighted by atomic mass is 10.1. The first kappa shape index (κ1) is 13.0. The number of amides is 1. The van der Waals surface area contributed by atoms with Gasteiger partial charge in [0.25, 0.3) is 5.91 Å². The number of carbonyl (C=O) groups is 1. The highest BCUT2D eigenvalue weighted by molar-refractivity contribution is 6.32. The van der Waals surface area contributed by atoms with E-state index in [1.54, 1.807) is 6.07 Å².